The number of carbonyl (C=O) groups excluding carboxylic acids is 3. The fourth-order valence-electron chi connectivity index (χ4n) is 6.47. The zero-order chi connectivity index (χ0) is 32.2. The van der Waals surface area contributed by atoms with Crippen molar-refractivity contribution in [3.63, 3.8) is 0 Å². The van der Waals surface area contributed by atoms with Crippen molar-refractivity contribution in [3.8, 4) is 0 Å². The molecule has 4 rings (SSSR count). The lowest BCUT2D eigenvalue weighted by molar-refractivity contribution is -0.146. The van der Waals surface area contributed by atoms with E-state index in [2.05, 4.69) is 23.6 Å². The van der Waals surface area contributed by atoms with Gasteiger partial charge in [-0.25, -0.2) is 0 Å². The monoisotopic (exact) mass is 618 g/mol. The van der Waals surface area contributed by atoms with E-state index in [4.69, 9.17) is 18.9 Å². The summed E-state index contributed by atoms with van der Waals surface area (Å²) in [5, 5.41) is 26.5. The summed E-state index contributed by atoms with van der Waals surface area (Å²) in [6.07, 6.45) is 9.11. The molecule has 4 N–H and O–H groups in total. The van der Waals surface area contributed by atoms with E-state index in [9.17, 15) is 24.6 Å². The number of amides is 2. The van der Waals surface area contributed by atoms with E-state index in [0.717, 1.165) is 12.0 Å². The second-order valence-corrected chi connectivity index (χ2v) is 13.1. The van der Waals surface area contributed by atoms with E-state index in [0.29, 0.717) is 25.7 Å². The molecule has 3 aliphatic heterocycles. The first kappa shape index (κ1) is 34.3. The summed E-state index contributed by atoms with van der Waals surface area (Å²) in [4.78, 5) is 36.0. The van der Waals surface area contributed by atoms with E-state index in [1.54, 1.807) is 13.0 Å². The van der Waals surface area contributed by atoms with Crippen LogP contribution in [-0.2, 0) is 33.3 Å². The average Bonchev–Trinajstić information content (AvgIpc) is 3.57. The molecular weight excluding hydrogens is 568 g/mol. The number of esters is 1. The maximum atomic E-state index is 12.6. The fourth-order valence-corrected chi connectivity index (χ4v) is 6.47. The lowest BCUT2D eigenvalue weighted by atomic mass is 9.84. The standard InChI is InChI=1S/C33H50N2O9/c1-18(7-10-28-19(2)13-27(21(4)42-28)35-30(38)12-9-20(3)41-23(6)36)8-11-29-32(40)33(22(5)44-33)17-26(43-29)16-31(39)34-24-14-25(37)15-24/h7-9,11-12,19-22,24-29,32,37,40H,10,13-17H2,1-6H3,(H,34,39)(H,35,38)/b11-8+,12-9-,18-7+/t19-,20-,21+,22+,24?,25?,26+,27+,28-,29+,32+,33+/m0/s1. The molecule has 0 aromatic carbocycles. The van der Waals surface area contributed by atoms with Crippen LogP contribution in [0.3, 0.4) is 0 Å². The minimum atomic E-state index is -0.836. The Hall–Kier alpha value is -2.57. The number of epoxide rings is 1. The second kappa shape index (κ2) is 14.7. The van der Waals surface area contributed by atoms with Crippen molar-refractivity contribution in [3.05, 3.63) is 36.0 Å². The Morgan fingerprint density at radius 3 is 2.39 bits per heavy atom. The Bertz CT molecular complexity index is 1130. The molecule has 11 nitrogen and oxygen atoms in total. The second-order valence-electron chi connectivity index (χ2n) is 13.1. The first-order valence-electron chi connectivity index (χ1n) is 15.9. The minimum Gasteiger partial charge on any atom is -0.459 e. The summed E-state index contributed by atoms with van der Waals surface area (Å²) in [5.74, 6) is -0.560. The van der Waals surface area contributed by atoms with Crippen LogP contribution in [0.4, 0.5) is 0 Å². The summed E-state index contributed by atoms with van der Waals surface area (Å²) in [6.45, 7) is 11.0. The highest BCUT2D eigenvalue weighted by Gasteiger charge is 2.64. The van der Waals surface area contributed by atoms with Gasteiger partial charge in [-0.3, -0.25) is 14.4 Å². The molecule has 4 fully saturated rings. The molecule has 0 bridgehead atoms. The van der Waals surface area contributed by atoms with Crippen LogP contribution in [-0.4, -0.2) is 94.5 Å². The summed E-state index contributed by atoms with van der Waals surface area (Å²) in [7, 11) is 0. The quantitative estimate of drug-likeness (QED) is 0.118. The number of aliphatic hydroxyl groups excluding tert-OH is 2. The summed E-state index contributed by atoms with van der Waals surface area (Å²) >= 11 is 0. The van der Waals surface area contributed by atoms with Crippen LogP contribution in [0, 0.1) is 5.92 Å². The van der Waals surface area contributed by atoms with Gasteiger partial charge in [-0.05, 0) is 65.4 Å². The van der Waals surface area contributed by atoms with E-state index in [-0.39, 0.29) is 66.8 Å². The zero-order valence-electron chi connectivity index (χ0n) is 26.7. The van der Waals surface area contributed by atoms with E-state index in [1.807, 2.05) is 32.9 Å². The van der Waals surface area contributed by atoms with Crippen molar-refractivity contribution >= 4 is 17.8 Å². The first-order chi connectivity index (χ1) is 20.7. The van der Waals surface area contributed by atoms with Crippen molar-refractivity contribution in [2.24, 2.45) is 5.92 Å². The van der Waals surface area contributed by atoms with E-state index >= 15 is 0 Å². The number of ether oxygens (including phenoxy) is 4. The molecule has 3 saturated heterocycles. The van der Waals surface area contributed by atoms with Crippen LogP contribution in [0.25, 0.3) is 0 Å². The molecule has 11 heteroatoms. The summed E-state index contributed by atoms with van der Waals surface area (Å²) in [6, 6.07) is -0.123. The third kappa shape index (κ3) is 9.00. The topological polar surface area (TPSA) is 156 Å². The molecule has 4 aliphatic rings. The zero-order valence-corrected chi connectivity index (χ0v) is 26.7. The molecule has 0 unspecified atom stereocenters. The van der Waals surface area contributed by atoms with Gasteiger partial charge in [0.25, 0.3) is 0 Å². The van der Waals surface area contributed by atoms with Crippen LogP contribution >= 0.6 is 0 Å². The van der Waals surface area contributed by atoms with E-state index < -0.39 is 29.9 Å². The molecule has 1 aliphatic carbocycles. The highest BCUT2D eigenvalue weighted by Crippen LogP contribution is 2.49. The molecule has 3 heterocycles. The Labute approximate surface area is 260 Å². The molecular formula is C33H50N2O9. The molecule has 0 aromatic heterocycles. The number of allylic oxidation sites excluding steroid dienone is 2. The van der Waals surface area contributed by atoms with Crippen molar-refractivity contribution in [2.75, 3.05) is 0 Å². The molecule has 44 heavy (non-hydrogen) atoms. The largest absolute Gasteiger partial charge is 0.459 e. The smallest absolute Gasteiger partial charge is 0.303 e. The van der Waals surface area contributed by atoms with Gasteiger partial charge in [-0.1, -0.05) is 30.7 Å². The molecule has 246 valence electrons. The lowest BCUT2D eigenvalue weighted by Gasteiger charge is -2.39. The number of nitrogens with one attached hydrogen (secondary N) is 2. The Morgan fingerprint density at radius 1 is 1.05 bits per heavy atom. The highest BCUT2D eigenvalue weighted by molar-refractivity contribution is 5.87. The van der Waals surface area contributed by atoms with Crippen LogP contribution in [0.5, 0.6) is 0 Å². The maximum Gasteiger partial charge on any atom is 0.303 e. The van der Waals surface area contributed by atoms with Gasteiger partial charge >= 0.3 is 5.97 Å². The number of hydrogen-bond donors (Lipinski definition) is 4. The van der Waals surface area contributed by atoms with Gasteiger partial charge in [0, 0.05) is 25.5 Å². The van der Waals surface area contributed by atoms with Crippen LogP contribution in [0.1, 0.15) is 80.1 Å². The molecule has 2 amide bonds. The van der Waals surface area contributed by atoms with Gasteiger partial charge in [0.05, 0.1) is 43.0 Å². The third-order valence-electron chi connectivity index (χ3n) is 9.26. The van der Waals surface area contributed by atoms with Gasteiger partial charge < -0.3 is 39.8 Å². The van der Waals surface area contributed by atoms with Crippen molar-refractivity contribution in [1.29, 1.82) is 0 Å². The predicted molar refractivity (Wildman–Crippen MR) is 162 cm³/mol. The fraction of sp³-hybridized carbons (Fsp3) is 0.727. The Kier molecular flexibility index (Phi) is 11.4. The van der Waals surface area contributed by atoms with Crippen LogP contribution in [0.2, 0.25) is 0 Å². The van der Waals surface area contributed by atoms with E-state index in [1.165, 1.54) is 13.0 Å². The SMILES string of the molecule is CC(=O)O[C@@H](C)/C=C\C(=O)N[C@@H]1C[C@H](C)[C@H](C/C=C(C)/C=C/[C@H]2O[C@H](CC(=O)NC3CC(O)C3)C[C@]3(O[C@@H]3C)[C@@H]2O)O[C@@H]1C. The van der Waals surface area contributed by atoms with Crippen molar-refractivity contribution < 1.29 is 43.5 Å². The summed E-state index contributed by atoms with van der Waals surface area (Å²) < 4.78 is 23.3. The van der Waals surface area contributed by atoms with Crippen LogP contribution in [0.15, 0.2) is 36.0 Å². The Balaban J connectivity index is 1.27. The first-order valence-corrected chi connectivity index (χ1v) is 15.9. The van der Waals surface area contributed by atoms with Gasteiger partial charge in [0.15, 0.2) is 0 Å². The van der Waals surface area contributed by atoms with Gasteiger partial charge in [-0.2, -0.15) is 0 Å². The maximum absolute atomic E-state index is 12.6. The van der Waals surface area contributed by atoms with Crippen LogP contribution < -0.4 is 10.6 Å². The average molecular weight is 619 g/mol. The molecule has 0 radical (unpaired) electrons. The number of rotatable bonds is 11. The normalized spacial score (nSPS) is 39.6. The number of aliphatic hydroxyl groups is 2. The number of hydrogen-bond acceptors (Lipinski definition) is 9. The predicted octanol–water partition coefficient (Wildman–Crippen LogP) is 2.39. The van der Waals surface area contributed by atoms with Gasteiger partial charge in [0.1, 0.15) is 23.9 Å². The molecule has 0 aromatic rings. The number of carbonyl (C=O) groups is 3. The summed E-state index contributed by atoms with van der Waals surface area (Å²) in [5.41, 5.74) is 0.292. The van der Waals surface area contributed by atoms with Crippen molar-refractivity contribution in [1.82, 2.24) is 10.6 Å². The molecule has 1 saturated carbocycles. The van der Waals surface area contributed by atoms with Crippen molar-refractivity contribution in [2.45, 2.75) is 147 Å². The highest BCUT2D eigenvalue weighted by atomic mass is 16.6. The minimum absolute atomic E-state index is 0.00896. The Morgan fingerprint density at radius 2 is 1.75 bits per heavy atom. The molecule has 1 spiro atoms. The third-order valence-corrected chi connectivity index (χ3v) is 9.26. The lowest BCUT2D eigenvalue weighted by Crippen LogP contribution is -2.53. The van der Waals surface area contributed by atoms with Gasteiger partial charge in [0.2, 0.25) is 11.8 Å². The van der Waals surface area contributed by atoms with Gasteiger partial charge in [-0.15, -0.1) is 0 Å². The molecule has 10 atom stereocenters.